The fraction of sp³-hybridized carbons (Fsp3) is 0.562. The molecule has 5 nitrogen and oxygen atoms in total. The van der Waals surface area contributed by atoms with Crippen molar-refractivity contribution in [2.45, 2.75) is 32.4 Å². The van der Waals surface area contributed by atoms with Crippen molar-refractivity contribution in [2.75, 3.05) is 26.3 Å². The highest BCUT2D eigenvalue weighted by Crippen LogP contribution is 2.29. The minimum atomic E-state index is -0.716. The number of benzene rings is 1. The summed E-state index contributed by atoms with van der Waals surface area (Å²) in [6.45, 7) is 7.84. The predicted molar refractivity (Wildman–Crippen MR) is 87.7 cm³/mol. The van der Waals surface area contributed by atoms with Gasteiger partial charge in [0.1, 0.15) is 6.04 Å². The number of carbonyl (C=O) groups excluding carboxylic acids is 1. The first kappa shape index (κ1) is 17.4. The van der Waals surface area contributed by atoms with Crippen LogP contribution >= 0.6 is 15.9 Å². The van der Waals surface area contributed by atoms with E-state index in [0.29, 0.717) is 26.3 Å². The summed E-state index contributed by atoms with van der Waals surface area (Å²) in [5.74, 6) is -0.0944. The number of hydrogen-bond donors (Lipinski definition) is 1. The number of halogens is 1. The molecule has 1 aromatic rings. The predicted octanol–water partition coefficient (Wildman–Crippen LogP) is 2.84. The summed E-state index contributed by atoms with van der Waals surface area (Å²) >= 11 is 3.40. The van der Waals surface area contributed by atoms with E-state index >= 15 is 0 Å². The van der Waals surface area contributed by atoms with E-state index in [2.05, 4.69) is 15.9 Å². The summed E-state index contributed by atoms with van der Waals surface area (Å²) in [7, 11) is 0. The quantitative estimate of drug-likeness (QED) is 0.831. The van der Waals surface area contributed by atoms with Gasteiger partial charge in [-0.15, -0.1) is 0 Å². The molecule has 0 spiro atoms. The molecule has 1 heterocycles. The topological polar surface area (TPSA) is 53.0 Å². The maximum atomic E-state index is 12.9. The summed E-state index contributed by atoms with van der Waals surface area (Å²) in [6, 6.07) is 6.77. The van der Waals surface area contributed by atoms with E-state index < -0.39 is 11.6 Å². The molecule has 1 amide bonds. The van der Waals surface area contributed by atoms with Crippen LogP contribution in [0.25, 0.3) is 0 Å². The molecule has 0 radical (unpaired) electrons. The maximum Gasteiger partial charge on any atom is 0.247 e. The van der Waals surface area contributed by atoms with Gasteiger partial charge in [-0.25, -0.2) is 0 Å². The third kappa shape index (κ3) is 4.07. The van der Waals surface area contributed by atoms with Gasteiger partial charge in [0.25, 0.3) is 0 Å². The fourth-order valence-corrected chi connectivity index (χ4v) is 2.64. The summed E-state index contributed by atoms with van der Waals surface area (Å²) in [5.41, 5.74) is 0.233. The van der Waals surface area contributed by atoms with Crippen molar-refractivity contribution >= 4 is 21.8 Å². The lowest BCUT2D eigenvalue weighted by atomic mass is 9.99. The molecule has 1 saturated heterocycles. The second-order valence-corrected chi connectivity index (χ2v) is 7.32. The lowest BCUT2D eigenvalue weighted by molar-refractivity contribution is -0.200. The number of rotatable bonds is 3. The van der Waals surface area contributed by atoms with Gasteiger partial charge in [-0.2, -0.15) is 5.06 Å². The number of carbonyl (C=O) groups is 1. The van der Waals surface area contributed by atoms with E-state index in [9.17, 15) is 10.0 Å². The van der Waals surface area contributed by atoms with Crippen molar-refractivity contribution < 1.29 is 14.7 Å². The van der Waals surface area contributed by atoms with Gasteiger partial charge in [0.15, 0.2) is 0 Å². The number of morpholine rings is 1. The van der Waals surface area contributed by atoms with Crippen LogP contribution in [-0.4, -0.2) is 52.9 Å². The molecule has 1 aliphatic rings. The van der Waals surface area contributed by atoms with E-state index in [1.165, 1.54) is 0 Å². The number of ether oxygens (including phenoxy) is 1. The van der Waals surface area contributed by atoms with Crippen LogP contribution in [0, 0.1) is 0 Å². The monoisotopic (exact) mass is 370 g/mol. The van der Waals surface area contributed by atoms with Crippen LogP contribution < -0.4 is 0 Å². The Balaban J connectivity index is 2.32. The highest BCUT2D eigenvalue weighted by atomic mass is 79.9. The molecule has 1 fully saturated rings. The molecule has 1 atom stereocenters. The van der Waals surface area contributed by atoms with Crippen LogP contribution in [0.1, 0.15) is 32.4 Å². The Hall–Kier alpha value is -0.950. The van der Waals surface area contributed by atoms with E-state index in [1.807, 2.05) is 45.0 Å². The van der Waals surface area contributed by atoms with Crippen LogP contribution in [0.5, 0.6) is 0 Å². The van der Waals surface area contributed by atoms with Gasteiger partial charge in [-0.3, -0.25) is 4.79 Å². The second-order valence-electron chi connectivity index (χ2n) is 6.41. The zero-order valence-corrected chi connectivity index (χ0v) is 14.8. The maximum absolute atomic E-state index is 12.9. The van der Waals surface area contributed by atoms with E-state index in [1.54, 1.807) is 4.90 Å². The summed E-state index contributed by atoms with van der Waals surface area (Å²) < 4.78 is 6.24. The fourth-order valence-electron chi connectivity index (χ4n) is 2.38. The molecule has 0 aliphatic carbocycles. The Morgan fingerprint density at radius 1 is 1.27 bits per heavy atom. The van der Waals surface area contributed by atoms with Gasteiger partial charge < -0.3 is 14.8 Å². The van der Waals surface area contributed by atoms with E-state index in [0.717, 1.165) is 15.1 Å². The standard InChI is InChI=1S/C16H23BrN2O3/c1-16(2,3)19(21)14(12-4-6-13(17)7-5-12)15(20)18-8-10-22-11-9-18/h4-7,14,21H,8-11H2,1-3H3. The van der Waals surface area contributed by atoms with Crippen LogP contribution in [0.4, 0.5) is 0 Å². The minimum Gasteiger partial charge on any atom is -0.378 e. The average molecular weight is 371 g/mol. The van der Waals surface area contributed by atoms with Crippen molar-refractivity contribution in [2.24, 2.45) is 0 Å². The third-order valence-corrected chi connectivity index (χ3v) is 4.20. The number of amides is 1. The molecule has 0 saturated carbocycles. The van der Waals surface area contributed by atoms with Crippen molar-refractivity contribution in [3.05, 3.63) is 34.3 Å². The van der Waals surface area contributed by atoms with Gasteiger partial charge in [0.2, 0.25) is 5.91 Å². The SMILES string of the molecule is CC(C)(C)N(O)C(C(=O)N1CCOCC1)c1ccc(Br)cc1. The molecule has 1 aliphatic heterocycles. The molecule has 0 aromatic heterocycles. The molecular formula is C16H23BrN2O3. The van der Waals surface area contributed by atoms with Crippen LogP contribution in [0.3, 0.4) is 0 Å². The Kier molecular flexibility index (Phi) is 5.60. The van der Waals surface area contributed by atoms with Crippen molar-refractivity contribution in [1.29, 1.82) is 0 Å². The zero-order chi connectivity index (χ0) is 16.3. The van der Waals surface area contributed by atoms with Crippen LogP contribution in [0.2, 0.25) is 0 Å². The first-order chi connectivity index (χ1) is 10.3. The molecule has 122 valence electrons. The lowest BCUT2D eigenvalue weighted by Gasteiger charge is -2.39. The Bertz CT molecular complexity index is 507. The first-order valence-electron chi connectivity index (χ1n) is 7.41. The molecule has 1 unspecified atom stereocenters. The van der Waals surface area contributed by atoms with Crippen LogP contribution in [-0.2, 0) is 9.53 Å². The molecule has 22 heavy (non-hydrogen) atoms. The minimum absolute atomic E-state index is 0.0944. The highest BCUT2D eigenvalue weighted by molar-refractivity contribution is 9.10. The van der Waals surface area contributed by atoms with Crippen LogP contribution in [0.15, 0.2) is 28.7 Å². The number of hydrogen-bond acceptors (Lipinski definition) is 4. The largest absolute Gasteiger partial charge is 0.378 e. The third-order valence-electron chi connectivity index (χ3n) is 3.67. The molecule has 2 rings (SSSR count). The van der Waals surface area contributed by atoms with Gasteiger partial charge >= 0.3 is 0 Å². The zero-order valence-electron chi connectivity index (χ0n) is 13.3. The Labute approximate surface area is 139 Å². The summed E-state index contributed by atoms with van der Waals surface area (Å²) in [6.07, 6.45) is 0. The highest BCUT2D eigenvalue weighted by Gasteiger charge is 2.36. The first-order valence-corrected chi connectivity index (χ1v) is 8.20. The smallest absolute Gasteiger partial charge is 0.247 e. The van der Waals surface area contributed by atoms with Gasteiger partial charge in [-0.1, -0.05) is 28.1 Å². The number of hydroxylamine groups is 2. The molecule has 1 N–H and O–H groups in total. The molecular weight excluding hydrogens is 348 g/mol. The molecule has 6 heteroatoms. The normalized spacial score (nSPS) is 17.6. The molecule has 1 aromatic carbocycles. The van der Waals surface area contributed by atoms with E-state index in [4.69, 9.17) is 4.74 Å². The summed E-state index contributed by atoms with van der Waals surface area (Å²) in [4.78, 5) is 14.7. The molecule has 0 bridgehead atoms. The van der Waals surface area contributed by atoms with E-state index in [-0.39, 0.29) is 5.91 Å². The number of nitrogens with zero attached hydrogens (tertiary/aromatic N) is 2. The Morgan fingerprint density at radius 2 is 1.82 bits per heavy atom. The lowest BCUT2D eigenvalue weighted by Crippen LogP contribution is -2.51. The second kappa shape index (κ2) is 7.08. The van der Waals surface area contributed by atoms with Gasteiger partial charge in [-0.05, 0) is 38.5 Å². The van der Waals surface area contributed by atoms with Crippen molar-refractivity contribution in [3.63, 3.8) is 0 Å². The van der Waals surface area contributed by atoms with Crippen molar-refractivity contribution in [3.8, 4) is 0 Å². The Morgan fingerprint density at radius 3 is 2.32 bits per heavy atom. The van der Waals surface area contributed by atoms with Crippen molar-refractivity contribution in [1.82, 2.24) is 9.96 Å². The summed E-state index contributed by atoms with van der Waals surface area (Å²) in [5, 5.41) is 11.8. The van der Waals surface area contributed by atoms with Gasteiger partial charge in [0.05, 0.1) is 13.2 Å². The average Bonchev–Trinajstić information content (AvgIpc) is 2.49. The van der Waals surface area contributed by atoms with Gasteiger partial charge in [0, 0.05) is 23.1 Å².